The number of nitrogens with zero attached hydrogens (tertiary/aromatic N) is 1. The third-order valence-corrected chi connectivity index (χ3v) is 1.26. The molecule has 0 aromatic heterocycles. The van der Waals surface area contributed by atoms with Crippen LogP contribution >= 0.6 is 0 Å². The molecule has 8 heavy (non-hydrogen) atoms. The van der Waals surface area contributed by atoms with Crippen molar-refractivity contribution in [3.63, 3.8) is 0 Å². The molecule has 0 saturated heterocycles. The Morgan fingerprint density at radius 3 is 2.38 bits per heavy atom. The van der Waals surface area contributed by atoms with Gasteiger partial charge in [-0.1, -0.05) is 24.3 Å². The van der Waals surface area contributed by atoms with Crippen LogP contribution in [0.2, 0.25) is 5.82 Å². The molecule has 2 atom stereocenters. The first-order valence-corrected chi connectivity index (χ1v) is 2.80. The molecule has 0 aromatic rings. The molecule has 0 amide bonds. The van der Waals surface area contributed by atoms with Gasteiger partial charge in [0, 0.05) is 0 Å². The van der Waals surface area contributed by atoms with Crippen molar-refractivity contribution in [2.24, 2.45) is 5.18 Å². The second-order valence-electron chi connectivity index (χ2n) is 1.92. The smallest absolute Gasteiger partial charge is 0.0842 e. The summed E-state index contributed by atoms with van der Waals surface area (Å²) < 4.78 is 0. The fourth-order valence-electron chi connectivity index (χ4n) is 0.419. The van der Waals surface area contributed by atoms with Gasteiger partial charge in [-0.05, 0) is 6.92 Å². The van der Waals surface area contributed by atoms with E-state index in [4.69, 9.17) is 7.85 Å². The van der Waals surface area contributed by atoms with E-state index < -0.39 is 0 Å². The predicted molar refractivity (Wildman–Crippen MR) is 35.1 cm³/mol. The molecular formula is C5H10BNO. The molecule has 0 aliphatic carbocycles. The Labute approximate surface area is 51.0 Å². The van der Waals surface area contributed by atoms with Gasteiger partial charge in [0.2, 0.25) is 0 Å². The maximum absolute atomic E-state index is 9.78. The van der Waals surface area contributed by atoms with Crippen molar-refractivity contribution in [3.05, 3.63) is 4.91 Å². The zero-order valence-corrected chi connectivity index (χ0v) is 5.29. The second-order valence-corrected chi connectivity index (χ2v) is 1.92. The first-order valence-electron chi connectivity index (χ1n) is 2.80. The van der Waals surface area contributed by atoms with Gasteiger partial charge in [-0.15, -0.1) is 0 Å². The summed E-state index contributed by atoms with van der Waals surface area (Å²) in [5, 5.41) is 2.78. The van der Waals surface area contributed by atoms with Crippen LogP contribution in [0.15, 0.2) is 5.18 Å². The topological polar surface area (TPSA) is 29.4 Å². The normalized spacial score (nSPS) is 17.2. The maximum atomic E-state index is 9.78. The zero-order valence-electron chi connectivity index (χ0n) is 5.29. The van der Waals surface area contributed by atoms with E-state index in [1.807, 2.05) is 6.92 Å². The Morgan fingerprint density at radius 1 is 1.75 bits per heavy atom. The van der Waals surface area contributed by atoms with Crippen LogP contribution in [-0.2, 0) is 0 Å². The first kappa shape index (κ1) is 7.66. The van der Waals surface area contributed by atoms with Crippen LogP contribution in [0.5, 0.6) is 0 Å². The van der Waals surface area contributed by atoms with Crippen molar-refractivity contribution >= 4 is 7.85 Å². The standard InChI is InChI=1S/C5H10BNO/c1-3-5(6)4(2)7-8/h4-5H,3H2,1-2H3. The van der Waals surface area contributed by atoms with Crippen molar-refractivity contribution in [1.29, 1.82) is 0 Å². The van der Waals surface area contributed by atoms with E-state index in [2.05, 4.69) is 5.18 Å². The van der Waals surface area contributed by atoms with Crippen molar-refractivity contribution in [2.75, 3.05) is 0 Å². The summed E-state index contributed by atoms with van der Waals surface area (Å²) in [6.45, 7) is 3.66. The van der Waals surface area contributed by atoms with Crippen molar-refractivity contribution in [1.82, 2.24) is 0 Å². The molecule has 0 rings (SSSR count). The van der Waals surface area contributed by atoms with Crippen molar-refractivity contribution in [3.8, 4) is 0 Å². The predicted octanol–water partition coefficient (Wildman–Crippen LogP) is 1.51. The fourth-order valence-corrected chi connectivity index (χ4v) is 0.419. The highest BCUT2D eigenvalue weighted by Crippen LogP contribution is 2.12. The van der Waals surface area contributed by atoms with E-state index in [9.17, 15) is 4.91 Å². The average molecular weight is 111 g/mol. The number of rotatable bonds is 3. The third kappa shape index (κ3) is 2.10. The molecule has 0 aliphatic heterocycles. The Morgan fingerprint density at radius 2 is 2.25 bits per heavy atom. The lowest BCUT2D eigenvalue weighted by molar-refractivity contribution is 0.649. The van der Waals surface area contributed by atoms with E-state index in [1.165, 1.54) is 0 Å². The lowest BCUT2D eigenvalue weighted by atomic mass is 9.80. The number of nitroso groups, excluding NO2 is 1. The summed E-state index contributed by atoms with van der Waals surface area (Å²) >= 11 is 0. The van der Waals surface area contributed by atoms with Crippen LogP contribution in [0, 0.1) is 4.91 Å². The Hall–Kier alpha value is -0.335. The second kappa shape index (κ2) is 3.64. The van der Waals surface area contributed by atoms with Crippen LogP contribution in [0.1, 0.15) is 20.3 Å². The summed E-state index contributed by atoms with van der Waals surface area (Å²) in [7, 11) is 5.43. The minimum absolute atomic E-state index is 0.0625. The summed E-state index contributed by atoms with van der Waals surface area (Å²) in [5.74, 6) is -0.0625. The molecule has 0 heterocycles. The van der Waals surface area contributed by atoms with Gasteiger partial charge in [-0.2, -0.15) is 4.91 Å². The van der Waals surface area contributed by atoms with E-state index in [-0.39, 0.29) is 11.9 Å². The largest absolute Gasteiger partial charge is 0.151 e. The Bertz CT molecular complexity index is 76.8. The van der Waals surface area contributed by atoms with Gasteiger partial charge in [0.15, 0.2) is 0 Å². The number of hydrogen-bond acceptors (Lipinski definition) is 2. The van der Waals surface area contributed by atoms with Crippen molar-refractivity contribution in [2.45, 2.75) is 32.1 Å². The van der Waals surface area contributed by atoms with E-state index in [1.54, 1.807) is 6.92 Å². The number of hydrogen-bond donors (Lipinski definition) is 0. The molecule has 2 radical (unpaired) electrons. The quantitative estimate of drug-likeness (QED) is 0.400. The van der Waals surface area contributed by atoms with Gasteiger partial charge in [0.1, 0.15) is 0 Å². The van der Waals surface area contributed by atoms with E-state index in [0.717, 1.165) is 6.42 Å². The van der Waals surface area contributed by atoms with E-state index >= 15 is 0 Å². The molecule has 2 unspecified atom stereocenters. The molecular weight excluding hydrogens is 101 g/mol. The molecule has 0 aromatic carbocycles. The van der Waals surface area contributed by atoms with Crippen LogP contribution in [-0.4, -0.2) is 13.9 Å². The van der Waals surface area contributed by atoms with Gasteiger partial charge in [0.25, 0.3) is 0 Å². The molecule has 2 nitrogen and oxygen atoms in total. The fraction of sp³-hybridized carbons (Fsp3) is 1.00. The summed E-state index contributed by atoms with van der Waals surface area (Å²) in [5.41, 5.74) is 0. The highest BCUT2D eigenvalue weighted by molar-refractivity contribution is 6.12. The molecule has 0 N–H and O–H groups in total. The molecule has 0 aliphatic rings. The molecule has 0 bridgehead atoms. The van der Waals surface area contributed by atoms with Crippen molar-refractivity contribution < 1.29 is 0 Å². The van der Waals surface area contributed by atoms with E-state index in [0.29, 0.717) is 0 Å². The summed E-state index contributed by atoms with van der Waals surface area (Å²) in [6.07, 6.45) is 0.812. The zero-order chi connectivity index (χ0) is 6.57. The highest BCUT2D eigenvalue weighted by Gasteiger charge is 2.07. The van der Waals surface area contributed by atoms with Crippen LogP contribution in [0.4, 0.5) is 0 Å². The SMILES string of the molecule is [B]C(CC)C(C)N=O. The van der Waals surface area contributed by atoms with Gasteiger partial charge in [0.05, 0.1) is 13.9 Å². The minimum Gasteiger partial charge on any atom is -0.151 e. The lowest BCUT2D eigenvalue weighted by Gasteiger charge is -2.08. The molecule has 0 fully saturated rings. The van der Waals surface area contributed by atoms with Crippen LogP contribution in [0.25, 0.3) is 0 Å². The van der Waals surface area contributed by atoms with Crippen LogP contribution < -0.4 is 0 Å². The molecule has 0 saturated carbocycles. The maximum Gasteiger partial charge on any atom is 0.0842 e. The average Bonchev–Trinajstić information content (AvgIpc) is 1.84. The summed E-state index contributed by atoms with van der Waals surface area (Å²) in [4.78, 5) is 9.78. The Balaban J connectivity index is 3.44. The molecule has 3 heteroatoms. The van der Waals surface area contributed by atoms with Gasteiger partial charge >= 0.3 is 0 Å². The minimum atomic E-state index is -0.236. The first-order chi connectivity index (χ1) is 3.72. The Kier molecular flexibility index (Phi) is 3.49. The van der Waals surface area contributed by atoms with Crippen LogP contribution in [0.3, 0.4) is 0 Å². The lowest BCUT2D eigenvalue weighted by Crippen LogP contribution is -2.06. The highest BCUT2D eigenvalue weighted by atomic mass is 16.3. The van der Waals surface area contributed by atoms with Gasteiger partial charge in [-0.3, -0.25) is 0 Å². The van der Waals surface area contributed by atoms with Gasteiger partial charge in [-0.25, -0.2) is 0 Å². The molecule has 0 spiro atoms. The molecule has 44 valence electrons. The third-order valence-electron chi connectivity index (χ3n) is 1.26. The van der Waals surface area contributed by atoms with Gasteiger partial charge < -0.3 is 0 Å². The monoisotopic (exact) mass is 111 g/mol. The summed E-state index contributed by atoms with van der Waals surface area (Å²) in [6, 6.07) is -0.236.